The Kier molecular flexibility index (Phi) is 5.01. The van der Waals surface area contributed by atoms with E-state index in [1.807, 2.05) is 26.0 Å². The van der Waals surface area contributed by atoms with Crippen LogP contribution in [0, 0.1) is 13.8 Å². The van der Waals surface area contributed by atoms with E-state index < -0.39 is 0 Å². The summed E-state index contributed by atoms with van der Waals surface area (Å²) >= 11 is 0. The van der Waals surface area contributed by atoms with Crippen molar-refractivity contribution in [2.45, 2.75) is 27.2 Å². The Labute approximate surface area is 103 Å². The van der Waals surface area contributed by atoms with Gasteiger partial charge in [-0.25, -0.2) is 0 Å². The van der Waals surface area contributed by atoms with Crippen LogP contribution in [0.25, 0.3) is 0 Å². The first-order valence-electron chi connectivity index (χ1n) is 5.98. The Balaban J connectivity index is 2.43. The summed E-state index contributed by atoms with van der Waals surface area (Å²) in [4.78, 5) is 13.2. The predicted octanol–water partition coefficient (Wildman–Crippen LogP) is 2.55. The van der Waals surface area contributed by atoms with Gasteiger partial charge in [0.2, 0.25) is 5.91 Å². The van der Waals surface area contributed by atoms with Crippen LogP contribution in [0.2, 0.25) is 0 Å². The summed E-state index contributed by atoms with van der Waals surface area (Å²) in [5, 5.41) is 0. The lowest BCUT2D eigenvalue weighted by Crippen LogP contribution is -2.27. The van der Waals surface area contributed by atoms with Crippen molar-refractivity contribution in [3.05, 3.63) is 29.3 Å². The number of carbonyl (C=O) groups is 1. The Morgan fingerprint density at radius 3 is 2.65 bits per heavy atom. The third kappa shape index (κ3) is 4.10. The summed E-state index contributed by atoms with van der Waals surface area (Å²) in [7, 11) is 1.81. The second-order valence-electron chi connectivity index (χ2n) is 4.28. The average molecular weight is 235 g/mol. The molecule has 0 unspecified atom stereocenters. The van der Waals surface area contributed by atoms with E-state index >= 15 is 0 Å². The second-order valence-corrected chi connectivity index (χ2v) is 4.28. The molecule has 0 N–H and O–H groups in total. The van der Waals surface area contributed by atoms with Gasteiger partial charge in [-0.15, -0.1) is 0 Å². The van der Waals surface area contributed by atoms with Crippen molar-refractivity contribution in [1.29, 1.82) is 0 Å². The fourth-order valence-corrected chi connectivity index (χ4v) is 1.58. The number of rotatable bonds is 5. The molecule has 0 atom stereocenters. The van der Waals surface area contributed by atoms with Gasteiger partial charge in [-0.1, -0.05) is 17.7 Å². The van der Waals surface area contributed by atoms with Crippen LogP contribution in [0.1, 0.15) is 24.5 Å². The lowest BCUT2D eigenvalue weighted by atomic mass is 10.1. The topological polar surface area (TPSA) is 29.5 Å². The van der Waals surface area contributed by atoms with Crippen molar-refractivity contribution < 1.29 is 9.53 Å². The number of ether oxygens (including phenoxy) is 1. The van der Waals surface area contributed by atoms with Crippen molar-refractivity contribution in [2.24, 2.45) is 0 Å². The fourth-order valence-electron chi connectivity index (χ4n) is 1.58. The van der Waals surface area contributed by atoms with Crippen molar-refractivity contribution in [3.63, 3.8) is 0 Å². The third-order valence-electron chi connectivity index (χ3n) is 2.80. The van der Waals surface area contributed by atoms with Crippen LogP contribution in [-0.4, -0.2) is 31.0 Å². The number of hydrogen-bond donors (Lipinski definition) is 0. The predicted molar refractivity (Wildman–Crippen MR) is 69.3 cm³/mol. The molecule has 94 valence electrons. The second kappa shape index (κ2) is 6.28. The van der Waals surface area contributed by atoms with Gasteiger partial charge in [-0.2, -0.15) is 0 Å². The maximum atomic E-state index is 11.5. The molecule has 0 saturated carbocycles. The highest BCUT2D eigenvalue weighted by atomic mass is 16.5. The van der Waals surface area contributed by atoms with Gasteiger partial charge in [0.15, 0.2) is 0 Å². The number of hydrogen-bond acceptors (Lipinski definition) is 2. The molecule has 0 saturated heterocycles. The molecule has 1 aromatic rings. The summed E-state index contributed by atoms with van der Waals surface area (Å²) < 4.78 is 5.61. The zero-order valence-corrected chi connectivity index (χ0v) is 11.1. The number of carbonyl (C=O) groups excluding carboxylic acids is 1. The number of benzene rings is 1. The van der Waals surface area contributed by atoms with Gasteiger partial charge in [-0.3, -0.25) is 4.79 Å². The molecule has 0 aliphatic carbocycles. The first-order valence-corrected chi connectivity index (χ1v) is 5.98. The average Bonchev–Trinajstić information content (AvgIpc) is 2.30. The minimum absolute atomic E-state index is 0.122. The van der Waals surface area contributed by atoms with Crippen LogP contribution in [0.3, 0.4) is 0 Å². The summed E-state index contributed by atoms with van der Waals surface area (Å²) in [6.07, 6.45) is 0.428. The van der Waals surface area contributed by atoms with Crippen molar-refractivity contribution in [1.82, 2.24) is 4.90 Å². The molecular weight excluding hydrogens is 214 g/mol. The SMILES string of the molecule is CCN(C)C(=O)CCOc1ccc(C)cc1C. The number of nitrogens with zero attached hydrogens (tertiary/aromatic N) is 1. The normalized spacial score (nSPS) is 10.1. The summed E-state index contributed by atoms with van der Waals surface area (Å²) in [5.41, 5.74) is 2.33. The van der Waals surface area contributed by atoms with Gasteiger partial charge < -0.3 is 9.64 Å². The molecule has 0 radical (unpaired) electrons. The minimum atomic E-state index is 0.122. The number of amides is 1. The van der Waals surface area contributed by atoms with Crippen LogP contribution < -0.4 is 4.74 Å². The van der Waals surface area contributed by atoms with Crippen molar-refractivity contribution in [2.75, 3.05) is 20.2 Å². The lowest BCUT2D eigenvalue weighted by Gasteiger charge is -2.15. The summed E-state index contributed by atoms with van der Waals surface area (Å²) in [6, 6.07) is 6.05. The van der Waals surface area contributed by atoms with Gasteiger partial charge in [0.25, 0.3) is 0 Å². The highest BCUT2D eigenvalue weighted by molar-refractivity contribution is 5.75. The van der Waals surface area contributed by atoms with Crippen LogP contribution in [-0.2, 0) is 4.79 Å². The summed E-state index contributed by atoms with van der Waals surface area (Å²) in [6.45, 7) is 7.21. The molecule has 0 fully saturated rings. The van der Waals surface area contributed by atoms with E-state index in [1.54, 1.807) is 11.9 Å². The van der Waals surface area contributed by atoms with E-state index in [0.717, 1.165) is 17.9 Å². The number of aryl methyl sites for hydroxylation is 2. The van der Waals surface area contributed by atoms with E-state index in [9.17, 15) is 4.79 Å². The van der Waals surface area contributed by atoms with Gasteiger partial charge in [0.1, 0.15) is 5.75 Å². The third-order valence-corrected chi connectivity index (χ3v) is 2.80. The smallest absolute Gasteiger partial charge is 0.225 e. The zero-order valence-electron chi connectivity index (χ0n) is 11.1. The first-order chi connectivity index (χ1) is 8.04. The molecule has 1 amide bonds. The van der Waals surface area contributed by atoms with Gasteiger partial charge in [0, 0.05) is 13.6 Å². The van der Waals surface area contributed by atoms with E-state index in [2.05, 4.69) is 13.0 Å². The minimum Gasteiger partial charge on any atom is -0.493 e. The molecule has 1 aromatic carbocycles. The molecule has 0 aromatic heterocycles. The molecule has 0 aliphatic heterocycles. The van der Waals surface area contributed by atoms with Gasteiger partial charge in [-0.05, 0) is 32.4 Å². The van der Waals surface area contributed by atoms with Crippen LogP contribution >= 0.6 is 0 Å². The monoisotopic (exact) mass is 235 g/mol. The Morgan fingerprint density at radius 2 is 2.06 bits per heavy atom. The highest BCUT2D eigenvalue weighted by Gasteiger charge is 2.07. The molecule has 1 rings (SSSR count). The van der Waals surface area contributed by atoms with Crippen LogP contribution in [0.4, 0.5) is 0 Å². The standard InChI is InChI=1S/C14H21NO2/c1-5-15(4)14(16)8-9-17-13-7-6-11(2)10-12(13)3/h6-7,10H,5,8-9H2,1-4H3. The first kappa shape index (κ1) is 13.6. The molecule has 0 heterocycles. The quantitative estimate of drug-likeness (QED) is 0.785. The molecule has 0 bridgehead atoms. The zero-order chi connectivity index (χ0) is 12.8. The molecule has 17 heavy (non-hydrogen) atoms. The maximum Gasteiger partial charge on any atom is 0.225 e. The Morgan fingerprint density at radius 1 is 1.35 bits per heavy atom. The van der Waals surface area contributed by atoms with E-state index in [4.69, 9.17) is 4.74 Å². The van der Waals surface area contributed by atoms with Gasteiger partial charge >= 0.3 is 0 Å². The van der Waals surface area contributed by atoms with Gasteiger partial charge in [0.05, 0.1) is 13.0 Å². The highest BCUT2D eigenvalue weighted by Crippen LogP contribution is 2.18. The van der Waals surface area contributed by atoms with Crippen molar-refractivity contribution >= 4 is 5.91 Å². The van der Waals surface area contributed by atoms with E-state index in [-0.39, 0.29) is 5.91 Å². The largest absolute Gasteiger partial charge is 0.493 e. The summed E-state index contributed by atoms with van der Waals surface area (Å²) in [5.74, 6) is 0.986. The Hall–Kier alpha value is -1.51. The van der Waals surface area contributed by atoms with Crippen LogP contribution in [0.15, 0.2) is 18.2 Å². The van der Waals surface area contributed by atoms with Crippen LogP contribution in [0.5, 0.6) is 5.75 Å². The fraction of sp³-hybridized carbons (Fsp3) is 0.500. The molecule has 3 heteroatoms. The Bertz CT molecular complexity index is 388. The maximum absolute atomic E-state index is 11.5. The van der Waals surface area contributed by atoms with E-state index in [0.29, 0.717) is 13.0 Å². The molecule has 3 nitrogen and oxygen atoms in total. The molecule has 0 aliphatic rings. The molecule has 0 spiro atoms. The van der Waals surface area contributed by atoms with Crippen molar-refractivity contribution in [3.8, 4) is 5.75 Å². The lowest BCUT2D eigenvalue weighted by molar-refractivity contribution is -0.130. The van der Waals surface area contributed by atoms with E-state index in [1.165, 1.54) is 5.56 Å². The molecular formula is C14H21NO2.